The molecule has 1 fully saturated rings. The van der Waals surface area contributed by atoms with Crippen LogP contribution in [0.25, 0.3) is 10.8 Å². The van der Waals surface area contributed by atoms with Crippen LogP contribution in [0.1, 0.15) is 48.4 Å². The van der Waals surface area contributed by atoms with E-state index in [2.05, 4.69) is 47.2 Å². The summed E-state index contributed by atoms with van der Waals surface area (Å²) in [6.07, 6.45) is 3.02. The molecular formula is C30H28N2O2S2. The Bertz CT molecular complexity index is 1550. The molecule has 4 nitrogen and oxygen atoms in total. The first-order valence-electron chi connectivity index (χ1n) is 12.4. The van der Waals surface area contributed by atoms with Crippen molar-refractivity contribution in [2.45, 2.75) is 48.1 Å². The van der Waals surface area contributed by atoms with Crippen molar-refractivity contribution in [2.75, 3.05) is 5.75 Å². The van der Waals surface area contributed by atoms with Crippen molar-refractivity contribution < 1.29 is 4.79 Å². The van der Waals surface area contributed by atoms with Crippen molar-refractivity contribution in [3.05, 3.63) is 106 Å². The molecule has 1 unspecified atom stereocenters. The maximum absolute atomic E-state index is 13.5. The second-order valence-electron chi connectivity index (χ2n) is 9.37. The van der Waals surface area contributed by atoms with Gasteiger partial charge in [0.1, 0.15) is 6.04 Å². The molecule has 4 aromatic rings. The first-order valence-corrected chi connectivity index (χ1v) is 14.7. The zero-order valence-electron chi connectivity index (χ0n) is 20.1. The van der Waals surface area contributed by atoms with Crippen LogP contribution in [0, 0.1) is 0 Å². The number of benzene rings is 3. The molecule has 2 aliphatic rings. The Kier molecular flexibility index (Phi) is 6.32. The number of nitrogens with zero attached hydrogens (tertiary/aromatic N) is 1. The third kappa shape index (κ3) is 4.33. The zero-order chi connectivity index (χ0) is 24.6. The van der Waals surface area contributed by atoms with E-state index in [1.54, 1.807) is 22.4 Å². The summed E-state index contributed by atoms with van der Waals surface area (Å²) >= 11 is 1.67. The summed E-state index contributed by atoms with van der Waals surface area (Å²) in [4.78, 5) is 28.0. The summed E-state index contributed by atoms with van der Waals surface area (Å²) < 4.78 is 4.96. The molecule has 1 aliphatic carbocycles. The van der Waals surface area contributed by atoms with Gasteiger partial charge in [-0.25, -0.2) is 0 Å². The zero-order valence-corrected chi connectivity index (χ0v) is 21.8. The number of carbonyl (C=O) groups excluding carboxylic acids is 1. The minimum Gasteiger partial charge on any atom is -0.300 e. The quantitative estimate of drug-likeness (QED) is 0.309. The number of nitrogens with one attached hydrogen (secondary N) is 1. The maximum atomic E-state index is 13.5. The second-order valence-corrected chi connectivity index (χ2v) is 12.2. The normalized spacial score (nSPS) is 17.8. The molecule has 1 amide bonds. The first kappa shape index (κ1) is 23.3. The number of fused-ring (bicyclic) bond motifs is 2. The number of carbonyl (C=O) groups is 1. The van der Waals surface area contributed by atoms with E-state index in [1.807, 2.05) is 42.6 Å². The van der Waals surface area contributed by atoms with Crippen LogP contribution in [0.5, 0.6) is 0 Å². The third-order valence-corrected chi connectivity index (χ3v) is 9.86. The van der Waals surface area contributed by atoms with E-state index in [0.717, 1.165) is 34.7 Å². The van der Waals surface area contributed by atoms with Gasteiger partial charge in [-0.1, -0.05) is 71.3 Å². The highest BCUT2D eigenvalue weighted by molar-refractivity contribution is 8.13. The first-order chi connectivity index (χ1) is 17.6. The lowest BCUT2D eigenvalue weighted by Crippen LogP contribution is -2.35. The molecule has 1 N–H and O–H groups in total. The Morgan fingerprint density at radius 1 is 1.03 bits per heavy atom. The summed E-state index contributed by atoms with van der Waals surface area (Å²) in [7, 11) is -0.500. The van der Waals surface area contributed by atoms with Crippen LogP contribution in [-0.4, -0.2) is 21.6 Å². The molecular weight excluding hydrogens is 484 g/mol. The smallest absolute Gasteiger partial charge is 0.253 e. The van der Waals surface area contributed by atoms with E-state index in [0.29, 0.717) is 11.7 Å². The lowest BCUT2D eigenvalue weighted by molar-refractivity contribution is -0.121. The minimum atomic E-state index is -0.500. The average Bonchev–Trinajstić information content (AvgIpc) is 3.64. The van der Waals surface area contributed by atoms with Crippen molar-refractivity contribution in [1.29, 1.82) is 0 Å². The largest absolute Gasteiger partial charge is 0.300 e. The summed E-state index contributed by atoms with van der Waals surface area (Å²) in [6.45, 7) is 1.96. The summed E-state index contributed by atoms with van der Waals surface area (Å²) in [5.41, 5.74) is 3.56. The number of hydrogen-bond acceptors (Lipinski definition) is 3. The number of aromatic nitrogens is 1. The fraction of sp³-hybridized carbons (Fsp3) is 0.233. The van der Waals surface area contributed by atoms with E-state index < -0.39 is 16.7 Å². The van der Waals surface area contributed by atoms with E-state index in [9.17, 15) is 9.59 Å². The van der Waals surface area contributed by atoms with Crippen molar-refractivity contribution in [3.8, 4) is 0 Å². The molecule has 0 bridgehead atoms. The number of thioether (sulfide) groups is 1. The molecule has 182 valence electrons. The highest BCUT2D eigenvalue weighted by Crippen LogP contribution is 2.48. The molecule has 1 saturated carbocycles. The van der Waals surface area contributed by atoms with Crippen molar-refractivity contribution in [1.82, 2.24) is 9.29 Å². The van der Waals surface area contributed by atoms with Gasteiger partial charge in [0.15, 0.2) is 0 Å². The molecule has 1 aliphatic heterocycles. The van der Waals surface area contributed by atoms with Gasteiger partial charge in [-0.15, -0.1) is 11.8 Å². The molecule has 0 spiro atoms. The second kappa shape index (κ2) is 9.75. The Balaban J connectivity index is 1.35. The number of pyridine rings is 1. The Labute approximate surface area is 217 Å². The highest BCUT2D eigenvalue weighted by Gasteiger charge is 2.37. The molecule has 6 heteroatoms. The number of hydrogen-bond donors (Lipinski definition) is 1. The van der Waals surface area contributed by atoms with Gasteiger partial charge in [-0.2, -0.15) is 0 Å². The van der Waals surface area contributed by atoms with Gasteiger partial charge >= 0.3 is 0 Å². The lowest BCUT2D eigenvalue weighted by atomic mass is 9.95. The van der Waals surface area contributed by atoms with Crippen LogP contribution >= 0.6 is 22.4 Å². The van der Waals surface area contributed by atoms with Crippen LogP contribution < -0.4 is 10.3 Å². The maximum Gasteiger partial charge on any atom is 0.253 e. The van der Waals surface area contributed by atoms with Gasteiger partial charge in [0, 0.05) is 16.7 Å². The van der Waals surface area contributed by atoms with Crippen LogP contribution in [-0.2, 0) is 11.2 Å². The number of rotatable bonds is 6. The molecule has 0 radical (unpaired) electrons. The molecule has 6 rings (SSSR count). The standard InChI is InChI=1S/C30H28N2O2S2/c1-2-36(24-12-4-3-5-13-24)31-29(34)26-19-35-30-28(21-15-16-21)23(18-27(33)32(26)30)17-22-11-8-10-20-9-6-7-14-25(20)22/h2-14,18,21,26H,15-17,19H2,1H3,(H,31,34)/t26-,36?/m0/s1. The van der Waals surface area contributed by atoms with Gasteiger partial charge in [0.05, 0.1) is 5.03 Å². The van der Waals surface area contributed by atoms with Crippen molar-refractivity contribution in [2.24, 2.45) is 0 Å². The Morgan fingerprint density at radius 2 is 1.78 bits per heavy atom. The lowest BCUT2D eigenvalue weighted by Gasteiger charge is -2.19. The van der Waals surface area contributed by atoms with E-state index >= 15 is 0 Å². The van der Waals surface area contributed by atoms with Gasteiger partial charge in [0.25, 0.3) is 11.5 Å². The number of amides is 1. The van der Waals surface area contributed by atoms with Gasteiger partial charge < -0.3 is 4.72 Å². The van der Waals surface area contributed by atoms with Crippen LogP contribution in [0.2, 0.25) is 0 Å². The van der Waals surface area contributed by atoms with Gasteiger partial charge in [-0.3, -0.25) is 14.2 Å². The van der Waals surface area contributed by atoms with Gasteiger partial charge in [0.2, 0.25) is 0 Å². The van der Waals surface area contributed by atoms with Crippen LogP contribution in [0.15, 0.2) is 93.6 Å². The molecule has 2 heterocycles. The molecule has 3 aromatic carbocycles. The average molecular weight is 513 g/mol. The molecule has 0 saturated heterocycles. The van der Waals surface area contributed by atoms with E-state index in [-0.39, 0.29) is 11.5 Å². The van der Waals surface area contributed by atoms with E-state index in [1.165, 1.54) is 21.9 Å². The monoisotopic (exact) mass is 512 g/mol. The molecule has 1 aromatic heterocycles. The predicted octanol–water partition coefficient (Wildman–Crippen LogP) is 6.30. The Hall–Kier alpha value is -3.09. The van der Waals surface area contributed by atoms with Crippen LogP contribution in [0.4, 0.5) is 0 Å². The minimum absolute atomic E-state index is 0.0742. The van der Waals surface area contributed by atoms with Crippen LogP contribution in [0.3, 0.4) is 0 Å². The molecule has 36 heavy (non-hydrogen) atoms. The summed E-state index contributed by atoms with van der Waals surface area (Å²) in [5.74, 6) is 0.986. The Morgan fingerprint density at radius 3 is 2.56 bits per heavy atom. The van der Waals surface area contributed by atoms with E-state index in [4.69, 9.17) is 0 Å². The fourth-order valence-electron chi connectivity index (χ4n) is 5.14. The van der Waals surface area contributed by atoms with Gasteiger partial charge in [-0.05, 0) is 77.1 Å². The van der Waals surface area contributed by atoms with Crippen molar-refractivity contribution >= 4 is 44.5 Å². The topological polar surface area (TPSA) is 51.1 Å². The highest BCUT2D eigenvalue weighted by atomic mass is 32.2. The SMILES string of the molecule is C/C=S(/NC(=O)[C@@H]1CSc2c(C3CC3)c(Cc3cccc4ccccc34)cc(=O)n21)c1ccccc1. The third-order valence-electron chi connectivity index (χ3n) is 7.01. The summed E-state index contributed by atoms with van der Waals surface area (Å²) in [6, 6.07) is 26.1. The predicted molar refractivity (Wildman–Crippen MR) is 151 cm³/mol. The molecule has 2 atom stereocenters. The fourth-order valence-corrected chi connectivity index (χ4v) is 7.87. The summed E-state index contributed by atoms with van der Waals surface area (Å²) in [5, 5.41) is 5.46. The van der Waals surface area contributed by atoms with Crippen molar-refractivity contribution in [3.63, 3.8) is 0 Å².